The van der Waals surface area contributed by atoms with Gasteiger partial charge in [0.15, 0.2) is 0 Å². The lowest BCUT2D eigenvalue weighted by atomic mass is 9.96. The molecule has 1 aromatic rings. The van der Waals surface area contributed by atoms with E-state index in [0.29, 0.717) is 11.8 Å². The molecular weight excluding hydrogens is 204 g/mol. The molecule has 0 aromatic carbocycles. The zero-order chi connectivity index (χ0) is 11.3. The summed E-state index contributed by atoms with van der Waals surface area (Å²) in [5.74, 6) is 1.40. The molecule has 1 heterocycles. The second-order valence-electron chi connectivity index (χ2n) is 4.38. The van der Waals surface area contributed by atoms with Gasteiger partial charge in [0.1, 0.15) is 0 Å². The fourth-order valence-electron chi connectivity index (χ4n) is 1.58. The zero-order valence-electron chi connectivity index (χ0n) is 10.1. The second-order valence-corrected chi connectivity index (χ2v) is 5.29. The van der Waals surface area contributed by atoms with E-state index in [9.17, 15) is 0 Å². The summed E-state index contributed by atoms with van der Waals surface area (Å²) in [6.45, 7) is 8.85. The van der Waals surface area contributed by atoms with E-state index in [2.05, 4.69) is 42.9 Å². The van der Waals surface area contributed by atoms with Crippen molar-refractivity contribution in [3.63, 3.8) is 0 Å². The molecule has 0 aliphatic carbocycles. The standard InChI is InChI=1S/C12H22N2S/c1-9(2)11(7-13-4)8-14-12-10(3)5-6-15-12/h5-6,9,11,13-14H,7-8H2,1-4H3. The van der Waals surface area contributed by atoms with E-state index in [-0.39, 0.29) is 0 Å². The third-order valence-electron chi connectivity index (χ3n) is 2.80. The van der Waals surface area contributed by atoms with Crippen molar-refractivity contribution in [2.45, 2.75) is 20.8 Å². The van der Waals surface area contributed by atoms with E-state index in [0.717, 1.165) is 13.1 Å². The Labute approximate surface area is 97.1 Å². The number of nitrogens with one attached hydrogen (secondary N) is 2. The van der Waals surface area contributed by atoms with Crippen LogP contribution in [0.2, 0.25) is 0 Å². The minimum absolute atomic E-state index is 0.691. The van der Waals surface area contributed by atoms with Gasteiger partial charge < -0.3 is 10.6 Å². The Balaban J connectivity index is 2.43. The number of anilines is 1. The molecule has 0 spiro atoms. The molecule has 0 saturated heterocycles. The Kier molecular flexibility index (Phi) is 5.12. The summed E-state index contributed by atoms with van der Waals surface area (Å²) >= 11 is 1.79. The van der Waals surface area contributed by atoms with Gasteiger partial charge in [0.05, 0.1) is 5.00 Å². The quantitative estimate of drug-likeness (QED) is 0.779. The maximum absolute atomic E-state index is 3.54. The van der Waals surface area contributed by atoms with Crippen LogP contribution < -0.4 is 10.6 Å². The van der Waals surface area contributed by atoms with Crippen molar-refractivity contribution >= 4 is 16.3 Å². The first kappa shape index (κ1) is 12.5. The van der Waals surface area contributed by atoms with Crippen LogP contribution in [0.5, 0.6) is 0 Å². The van der Waals surface area contributed by atoms with E-state index in [1.54, 1.807) is 11.3 Å². The van der Waals surface area contributed by atoms with Gasteiger partial charge in [-0.3, -0.25) is 0 Å². The highest BCUT2D eigenvalue weighted by Crippen LogP contribution is 2.22. The molecule has 2 nitrogen and oxygen atoms in total. The van der Waals surface area contributed by atoms with E-state index in [1.807, 2.05) is 7.05 Å². The number of rotatable bonds is 6. The van der Waals surface area contributed by atoms with E-state index in [1.165, 1.54) is 10.6 Å². The first-order valence-corrected chi connectivity index (χ1v) is 6.45. The lowest BCUT2D eigenvalue weighted by Crippen LogP contribution is -2.29. The van der Waals surface area contributed by atoms with Crippen molar-refractivity contribution < 1.29 is 0 Å². The van der Waals surface area contributed by atoms with Crippen molar-refractivity contribution in [3.8, 4) is 0 Å². The fraction of sp³-hybridized carbons (Fsp3) is 0.667. The molecule has 1 unspecified atom stereocenters. The van der Waals surface area contributed by atoms with Gasteiger partial charge in [0.25, 0.3) is 0 Å². The molecule has 15 heavy (non-hydrogen) atoms. The van der Waals surface area contributed by atoms with Gasteiger partial charge in [-0.1, -0.05) is 13.8 Å². The van der Waals surface area contributed by atoms with Crippen molar-refractivity contribution in [2.75, 3.05) is 25.5 Å². The van der Waals surface area contributed by atoms with Crippen LogP contribution in [-0.4, -0.2) is 20.1 Å². The molecule has 1 atom stereocenters. The molecule has 0 amide bonds. The SMILES string of the molecule is CNCC(CNc1sccc1C)C(C)C. The molecule has 0 saturated carbocycles. The molecule has 0 radical (unpaired) electrons. The smallest absolute Gasteiger partial charge is 0.0912 e. The summed E-state index contributed by atoms with van der Waals surface area (Å²) in [7, 11) is 2.02. The number of hydrogen-bond acceptors (Lipinski definition) is 3. The molecule has 0 aliphatic heterocycles. The van der Waals surface area contributed by atoms with Gasteiger partial charge in [-0.05, 0) is 49.4 Å². The molecule has 1 rings (SSSR count). The Hall–Kier alpha value is -0.540. The highest BCUT2D eigenvalue weighted by Gasteiger charge is 2.12. The zero-order valence-corrected chi connectivity index (χ0v) is 10.9. The molecular formula is C12H22N2S. The summed E-state index contributed by atoms with van der Waals surface area (Å²) < 4.78 is 0. The molecule has 2 N–H and O–H groups in total. The van der Waals surface area contributed by atoms with Crippen LogP contribution in [0, 0.1) is 18.8 Å². The monoisotopic (exact) mass is 226 g/mol. The number of thiophene rings is 1. The van der Waals surface area contributed by atoms with Crippen molar-refractivity contribution in [2.24, 2.45) is 11.8 Å². The van der Waals surface area contributed by atoms with Gasteiger partial charge in [0, 0.05) is 6.54 Å². The average molecular weight is 226 g/mol. The average Bonchev–Trinajstić information content (AvgIpc) is 2.58. The van der Waals surface area contributed by atoms with Crippen LogP contribution in [0.15, 0.2) is 11.4 Å². The molecule has 3 heteroatoms. The second kappa shape index (κ2) is 6.13. The fourth-order valence-corrected chi connectivity index (χ4v) is 2.41. The lowest BCUT2D eigenvalue weighted by Gasteiger charge is -2.21. The van der Waals surface area contributed by atoms with Crippen LogP contribution in [0.25, 0.3) is 0 Å². The Morgan fingerprint density at radius 2 is 2.07 bits per heavy atom. The summed E-state index contributed by atoms with van der Waals surface area (Å²) in [6, 6.07) is 2.16. The van der Waals surface area contributed by atoms with Crippen LogP contribution in [-0.2, 0) is 0 Å². The van der Waals surface area contributed by atoms with Crippen LogP contribution in [0.1, 0.15) is 19.4 Å². The summed E-state index contributed by atoms with van der Waals surface area (Å²) in [4.78, 5) is 0. The Morgan fingerprint density at radius 3 is 2.53 bits per heavy atom. The molecule has 1 aromatic heterocycles. The predicted molar refractivity (Wildman–Crippen MR) is 69.8 cm³/mol. The molecule has 0 fully saturated rings. The Morgan fingerprint density at radius 1 is 1.33 bits per heavy atom. The first-order valence-electron chi connectivity index (χ1n) is 5.57. The van der Waals surface area contributed by atoms with Crippen molar-refractivity contribution in [1.82, 2.24) is 5.32 Å². The molecule has 0 aliphatic rings. The summed E-state index contributed by atoms with van der Waals surface area (Å²) in [6.07, 6.45) is 0. The summed E-state index contributed by atoms with van der Waals surface area (Å²) in [5.41, 5.74) is 1.35. The third-order valence-corrected chi connectivity index (χ3v) is 3.77. The van der Waals surface area contributed by atoms with Gasteiger partial charge in [-0.15, -0.1) is 11.3 Å². The lowest BCUT2D eigenvalue weighted by molar-refractivity contribution is 0.391. The van der Waals surface area contributed by atoms with Crippen LogP contribution >= 0.6 is 11.3 Å². The third kappa shape index (κ3) is 3.84. The van der Waals surface area contributed by atoms with Gasteiger partial charge in [0.2, 0.25) is 0 Å². The maximum atomic E-state index is 3.54. The molecule has 86 valence electrons. The molecule has 0 bridgehead atoms. The predicted octanol–water partition coefficient (Wildman–Crippen LogP) is 2.96. The largest absolute Gasteiger partial charge is 0.376 e. The minimum Gasteiger partial charge on any atom is -0.376 e. The van der Waals surface area contributed by atoms with Crippen molar-refractivity contribution in [1.29, 1.82) is 0 Å². The van der Waals surface area contributed by atoms with Gasteiger partial charge in [-0.25, -0.2) is 0 Å². The summed E-state index contributed by atoms with van der Waals surface area (Å²) in [5, 5.41) is 10.3. The first-order chi connectivity index (χ1) is 7.15. The topological polar surface area (TPSA) is 24.1 Å². The van der Waals surface area contributed by atoms with E-state index < -0.39 is 0 Å². The highest BCUT2D eigenvalue weighted by atomic mass is 32.1. The number of hydrogen-bond donors (Lipinski definition) is 2. The highest BCUT2D eigenvalue weighted by molar-refractivity contribution is 7.14. The van der Waals surface area contributed by atoms with E-state index in [4.69, 9.17) is 0 Å². The normalized spacial score (nSPS) is 13.1. The van der Waals surface area contributed by atoms with Crippen LogP contribution in [0.4, 0.5) is 5.00 Å². The van der Waals surface area contributed by atoms with Crippen LogP contribution in [0.3, 0.4) is 0 Å². The van der Waals surface area contributed by atoms with E-state index >= 15 is 0 Å². The van der Waals surface area contributed by atoms with Gasteiger partial charge in [-0.2, -0.15) is 0 Å². The number of aryl methyl sites for hydroxylation is 1. The maximum Gasteiger partial charge on any atom is 0.0912 e. The van der Waals surface area contributed by atoms with Crippen molar-refractivity contribution in [3.05, 3.63) is 17.0 Å². The minimum atomic E-state index is 0.691. The Bertz CT molecular complexity index is 281. The van der Waals surface area contributed by atoms with Gasteiger partial charge >= 0.3 is 0 Å².